The van der Waals surface area contributed by atoms with E-state index in [-0.39, 0.29) is 17.0 Å². The fraction of sp³-hybridized carbons (Fsp3) is 0.944. The summed E-state index contributed by atoms with van der Waals surface area (Å²) in [6.07, 6.45) is 4.43. The van der Waals surface area contributed by atoms with Crippen LogP contribution >= 0.6 is 0 Å². The Morgan fingerprint density at radius 3 is 2.22 bits per heavy atom. The molecule has 2 spiro atoms. The first-order chi connectivity index (χ1) is 10.5. The van der Waals surface area contributed by atoms with E-state index in [9.17, 15) is 9.90 Å². The molecule has 0 aromatic heterocycles. The smallest absolute Gasteiger partial charge is 0.257 e. The highest BCUT2D eigenvalue weighted by molar-refractivity contribution is 5.88. The number of aliphatic hydroxyl groups is 1. The number of amides is 1. The van der Waals surface area contributed by atoms with Gasteiger partial charge >= 0.3 is 0 Å². The Hall–Kier alpha value is -0.650. The van der Waals surface area contributed by atoms with E-state index in [1.165, 1.54) is 0 Å². The van der Waals surface area contributed by atoms with E-state index in [1.54, 1.807) is 0 Å². The van der Waals surface area contributed by atoms with Gasteiger partial charge in [-0.2, -0.15) is 0 Å². The van der Waals surface area contributed by atoms with Gasteiger partial charge in [0.1, 0.15) is 5.72 Å². The number of β-amino-alcohol motifs (C(OH)–C–C–N with tert-alkyl or cyclic N) is 1. The molecule has 5 nitrogen and oxygen atoms in total. The third-order valence-electron chi connectivity index (χ3n) is 5.64. The average Bonchev–Trinajstić information content (AvgIpc) is 2.56. The second kappa shape index (κ2) is 5.17. The first-order valence-electron chi connectivity index (χ1n) is 9.03. The van der Waals surface area contributed by atoms with Crippen LogP contribution in [0.1, 0.15) is 73.1 Å². The molecule has 2 saturated heterocycles. The second-order valence-electron chi connectivity index (χ2n) is 9.12. The van der Waals surface area contributed by atoms with E-state index in [0.29, 0.717) is 25.8 Å². The third-order valence-corrected chi connectivity index (χ3v) is 5.64. The van der Waals surface area contributed by atoms with Crippen LogP contribution in [0.3, 0.4) is 0 Å². The molecular formula is C18H32N2O3. The molecule has 0 aromatic rings. The summed E-state index contributed by atoms with van der Waals surface area (Å²) in [4.78, 5) is 15.2. The van der Waals surface area contributed by atoms with Crippen molar-refractivity contribution in [2.24, 2.45) is 0 Å². The van der Waals surface area contributed by atoms with Crippen LogP contribution in [0.25, 0.3) is 0 Å². The molecule has 1 aliphatic carbocycles. The molecule has 2 aliphatic heterocycles. The highest BCUT2D eigenvalue weighted by atomic mass is 16.6. The number of piperidine rings is 1. The first kappa shape index (κ1) is 17.2. The zero-order valence-electron chi connectivity index (χ0n) is 15.2. The van der Waals surface area contributed by atoms with Gasteiger partial charge in [0.2, 0.25) is 0 Å². The zero-order valence-corrected chi connectivity index (χ0v) is 15.2. The molecule has 0 radical (unpaired) electrons. The highest BCUT2D eigenvalue weighted by Gasteiger charge is 2.66. The van der Waals surface area contributed by atoms with Crippen LogP contribution in [0.2, 0.25) is 0 Å². The third kappa shape index (κ3) is 2.81. The van der Waals surface area contributed by atoms with Crippen LogP contribution in [0.5, 0.6) is 0 Å². The SMILES string of the molecule is CCC(O)CN1C(=O)C2(CC(C)(C)NC(C)(C)C2)OC12CCC2. The van der Waals surface area contributed by atoms with Gasteiger partial charge in [0.05, 0.1) is 6.10 Å². The first-order valence-corrected chi connectivity index (χ1v) is 9.03. The van der Waals surface area contributed by atoms with E-state index in [2.05, 4.69) is 33.0 Å². The summed E-state index contributed by atoms with van der Waals surface area (Å²) < 4.78 is 6.58. The number of hydrogen-bond acceptors (Lipinski definition) is 4. The minimum Gasteiger partial charge on any atom is -0.391 e. The predicted molar refractivity (Wildman–Crippen MR) is 88.9 cm³/mol. The van der Waals surface area contributed by atoms with Crippen LogP contribution < -0.4 is 5.32 Å². The van der Waals surface area contributed by atoms with Gasteiger partial charge in [-0.15, -0.1) is 0 Å². The molecular weight excluding hydrogens is 292 g/mol. The van der Waals surface area contributed by atoms with Gasteiger partial charge in [0, 0.05) is 30.5 Å². The molecule has 5 heteroatoms. The standard InChI is InChI=1S/C18H32N2O3/c1-6-13(21)10-20-14(22)17(23-18(20)8-7-9-18)11-15(2,3)19-16(4,5)12-17/h13,19,21H,6-12H2,1-5H3. The van der Waals surface area contributed by atoms with Gasteiger partial charge in [-0.3, -0.25) is 4.79 Å². The molecule has 2 heterocycles. The Kier molecular flexibility index (Phi) is 3.86. The molecule has 1 amide bonds. The van der Waals surface area contributed by atoms with Crippen molar-refractivity contribution >= 4 is 5.91 Å². The lowest BCUT2D eigenvalue weighted by atomic mass is 9.72. The van der Waals surface area contributed by atoms with Gasteiger partial charge in [0.15, 0.2) is 5.60 Å². The number of carbonyl (C=O) groups is 1. The molecule has 3 rings (SSSR count). The van der Waals surface area contributed by atoms with Crippen molar-refractivity contribution in [2.45, 2.75) is 102 Å². The molecule has 3 fully saturated rings. The van der Waals surface area contributed by atoms with Crippen molar-refractivity contribution in [3.63, 3.8) is 0 Å². The highest BCUT2D eigenvalue weighted by Crippen LogP contribution is 2.53. The summed E-state index contributed by atoms with van der Waals surface area (Å²) in [5.41, 5.74) is -1.51. The van der Waals surface area contributed by atoms with Crippen molar-refractivity contribution in [1.29, 1.82) is 0 Å². The topological polar surface area (TPSA) is 61.8 Å². The Morgan fingerprint density at radius 1 is 1.22 bits per heavy atom. The monoisotopic (exact) mass is 324 g/mol. The van der Waals surface area contributed by atoms with Crippen LogP contribution in [-0.4, -0.2) is 51.0 Å². The molecule has 1 saturated carbocycles. The van der Waals surface area contributed by atoms with Crippen molar-refractivity contribution in [3.8, 4) is 0 Å². The molecule has 0 bridgehead atoms. The van der Waals surface area contributed by atoms with Crippen molar-refractivity contribution in [1.82, 2.24) is 10.2 Å². The number of rotatable bonds is 3. The lowest BCUT2D eigenvalue weighted by Gasteiger charge is -2.51. The van der Waals surface area contributed by atoms with Crippen LogP contribution in [-0.2, 0) is 9.53 Å². The van der Waals surface area contributed by atoms with Gasteiger partial charge in [0.25, 0.3) is 5.91 Å². The fourth-order valence-electron chi connectivity index (χ4n) is 5.05. The maximum atomic E-state index is 13.4. The van der Waals surface area contributed by atoms with Crippen molar-refractivity contribution < 1.29 is 14.6 Å². The summed E-state index contributed by atoms with van der Waals surface area (Å²) in [6, 6.07) is 0. The van der Waals surface area contributed by atoms with E-state index in [4.69, 9.17) is 4.74 Å². The molecule has 1 atom stereocenters. The predicted octanol–water partition coefficient (Wildman–Crippen LogP) is 2.18. The number of aliphatic hydroxyl groups excluding tert-OH is 1. The Balaban J connectivity index is 1.93. The Morgan fingerprint density at radius 2 is 1.78 bits per heavy atom. The number of hydrogen-bond donors (Lipinski definition) is 2. The lowest BCUT2D eigenvalue weighted by Crippen LogP contribution is -2.65. The number of nitrogens with zero attached hydrogens (tertiary/aromatic N) is 1. The summed E-state index contributed by atoms with van der Waals surface area (Å²) in [6.45, 7) is 10.9. The summed E-state index contributed by atoms with van der Waals surface area (Å²) in [7, 11) is 0. The maximum absolute atomic E-state index is 13.4. The lowest BCUT2D eigenvalue weighted by molar-refractivity contribution is -0.204. The van der Waals surface area contributed by atoms with Crippen LogP contribution in [0.15, 0.2) is 0 Å². The maximum Gasteiger partial charge on any atom is 0.257 e. The minimum atomic E-state index is -0.744. The normalized spacial score (nSPS) is 31.4. The molecule has 2 N–H and O–H groups in total. The Labute approximate surface area is 139 Å². The fourth-order valence-corrected chi connectivity index (χ4v) is 5.05. The van der Waals surface area contributed by atoms with Gasteiger partial charge in [-0.05, 0) is 53.4 Å². The van der Waals surface area contributed by atoms with Crippen molar-refractivity contribution in [2.75, 3.05) is 6.54 Å². The molecule has 3 aliphatic rings. The van der Waals surface area contributed by atoms with E-state index >= 15 is 0 Å². The second-order valence-corrected chi connectivity index (χ2v) is 9.12. The molecule has 132 valence electrons. The van der Waals surface area contributed by atoms with E-state index in [1.807, 2.05) is 11.8 Å². The summed E-state index contributed by atoms with van der Waals surface area (Å²) >= 11 is 0. The van der Waals surface area contributed by atoms with Gasteiger partial charge in [-0.25, -0.2) is 0 Å². The zero-order chi connectivity index (χ0) is 17.1. The Bertz CT molecular complexity index is 480. The molecule has 23 heavy (non-hydrogen) atoms. The number of ether oxygens (including phenoxy) is 1. The molecule has 0 aromatic carbocycles. The number of nitrogens with one attached hydrogen (secondary N) is 1. The van der Waals surface area contributed by atoms with E-state index in [0.717, 1.165) is 19.3 Å². The summed E-state index contributed by atoms with van der Waals surface area (Å²) in [5, 5.41) is 13.8. The van der Waals surface area contributed by atoms with Crippen LogP contribution in [0.4, 0.5) is 0 Å². The van der Waals surface area contributed by atoms with Gasteiger partial charge < -0.3 is 20.1 Å². The van der Waals surface area contributed by atoms with Gasteiger partial charge in [-0.1, -0.05) is 6.92 Å². The minimum absolute atomic E-state index is 0.0901. The van der Waals surface area contributed by atoms with Crippen molar-refractivity contribution in [3.05, 3.63) is 0 Å². The molecule has 1 unspecified atom stereocenters. The largest absolute Gasteiger partial charge is 0.391 e. The average molecular weight is 324 g/mol. The van der Waals surface area contributed by atoms with Crippen LogP contribution in [0, 0.1) is 0 Å². The van der Waals surface area contributed by atoms with E-state index < -0.39 is 17.4 Å². The quantitative estimate of drug-likeness (QED) is 0.835. The summed E-state index contributed by atoms with van der Waals surface area (Å²) in [5.74, 6) is 0.0901. The number of carbonyl (C=O) groups excluding carboxylic acids is 1.